The van der Waals surface area contributed by atoms with Crippen molar-refractivity contribution in [2.45, 2.75) is 17.7 Å². The molecule has 0 aliphatic carbocycles. The highest BCUT2D eigenvalue weighted by atomic mass is 32.2. The molecule has 0 atom stereocenters. The van der Waals surface area contributed by atoms with Crippen LogP contribution < -0.4 is 14.4 Å². The number of halogens is 1. The molecule has 2 aromatic carbocycles. The minimum Gasteiger partial charge on any atom is -0.454 e. The number of rotatable bonds is 2. The van der Waals surface area contributed by atoms with Gasteiger partial charge in [-0.1, -0.05) is 0 Å². The standard InChI is InChI=1S/C20H17FN2O5S/c21-13-3-6-18-15(9-13)23(14-4-5-16-17(10-14)28-12-27-16)11-19(29(18,25)26)20(24)22-7-1-2-8-22/h3-6,9-11H,1-2,7-8,12H2. The lowest BCUT2D eigenvalue weighted by Gasteiger charge is -2.30. The average molecular weight is 416 g/mol. The molecule has 29 heavy (non-hydrogen) atoms. The van der Waals surface area contributed by atoms with Crippen molar-refractivity contribution in [2.24, 2.45) is 0 Å². The van der Waals surface area contributed by atoms with Gasteiger partial charge in [0.05, 0.1) is 10.6 Å². The van der Waals surface area contributed by atoms with E-state index in [2.05, 4.69) is 0 Å². The van der Waals surface area contributed by atoms with E-state index < -0.39 is 21.6 Å². The average Bonchev–Trinajstić information content (AvgIpc) is 3.38. The molecule has 0 saturated carbocycles. The summed E-state index contributed by atoms with van der Waals surface area (Å²) >= 11 is 0. The number of amides is 1. The molecule has 3 aliphatic heterocycles. The van der Waals surface area contributed by atoms with Gasteiger partial charge in [0.1, 0.15) is 5.82 Å². The zero-order valence-electron chi connectivity index (χ0n) is 15.3. The SMILES string of the molecule is O=C(C1=CN(c2ccc3c(c2)OCO3)c2cc(F)ccc2S1(=O)=O)N1CCCC1. The van der Waals surface area contributed by atoms with Crippen LogP contribution in [-0.2, 0) is 14.6 Å². The Kier molecular flexibility index (Phi) is 4.02. The number of anilines is 2. The smallest absolute Gasteiger partial charge is 0.267 e. The third-order valence-electron chi connectivity index (χ3n) is 5.24. The highest BCUT2D eigenvalue weighted by Gasteiger charge is 2.38. The van der Waals surface area contributed by atoms with Crippen LogP contribution in [0.4, 0.5) is 15.8 Å². The van der Waals surface area contributed by atoms with Crippen molar-refractivity contribution in [1.29, 1.82) is 0 Å². The molecular formula is C20H17FN2O5S. The molecule has 9 heteroatoms. The van der Waals surface area contributed by atoms with Crippen LogP contribution >= 0.6 is 0 Å². The Balaban J connectivity index is 1.68. The summed E-state index contributed by atoms with van der Waals surface area (Å²) in [7, 11) is -4.08. The molecule has 3 aliphatic rings. The third-order valence-corrected chi connectivity index (χ3v) is 7.03. The van der Waals surface area contributed by atoms with Gasteiger partial charge in [0.2, 0.25) is 16.6 Å². The van der Waals surface area contributed by atoms with Crippen molar-refractivity contribution in [3.63, 3.8) is 0 Å². The quantitative estimate of drug-likeness (QED) is 0.701. The van der Waals surface area contributed by atoms with Gasteiger partial charge in [0.15, 0.2) is 16.4 Å². The number of hydrogen-bond acceptors (Lipinski definition) is 6. The topological polar surface area (TPSA) is 76.1 Å². The molecule has 1 fully saturated rings. The minimum atomic E-state index is -4.08. The van der Waals surface area contributed by atoms with Crippen LogP contribution in [-0.4, -0.2) is 39.1 Å². The first kappa shape index (κ1) is 18.0. The van der Waals surface area contributed by atoms with Crippen LogP contribution in [0.1, 0.15) is 12.8 Å². The third kappa shape index (κ3) is 2.84. The second-order valence-electron chi connectivity index (χ2n) is 7.02. The normalized spacial score (nSPS) is 19.1. The number of sulfone groups is 1. The van der Waals surface area contributed by atoms with Gasteiger partial charge >= 0.3 is 0 Å². The molecule has 2 aromatic rings. The van der Waals surface area contributed by atoms with E-state index in [1.54, 1.807) is 18.2 Å². The molecule has 150 valence electrons. The number of hydrogen-bond donors (Lipinski definition) is 0. The molecule has 0 bridgehead atoms. The number of fused-ring (bicyclic) bond motifs is 2. The van der Waals surface area contributed by atoms with Crippen molar-refractivity contribution < 1.29 is 27.1 Å². The van der Waals surface area contributed by atoms with E-state index in [-0.39, 0.29) is 22.3 Å². The van der Waals surface area contributed by atoms with Gasteiger partial charge in [-0.3, -0.25) is 4.79 Å². The molecule has 0 spiro atoms. The van der Waals surface area contributed by atoms with Crippen LogP contribution in [0, 0.1) is 5.82 Å². The van der Waals surface area contributed by atoms with Crippen LogP contribution in [0.5, 0.6) is 11.5 Å². The lowest BCUT2D eigenvalue weighted by molar-refractivity contribution is -0.125. The van der Waals surface area contributed by atoms with Gasteiger partial charge < -0.3 is 19.3 Å². The highest BCUT2D eigenvalue weighted by molar-refractivity contribution is 7.96. The molecular weight excluding hydrogens is 399 g/mol. The van der Waals surface area contributed by atoms with Gasteiger partial charge in [-0.25, -0.2) is 12.8 Å². The van der Waals surface area contributed by atoms with E-state index in [4.69, 9.17) is 9.47 Å². The van der Waals surface area contributed by atoms with E-state index in [1.165, 1.54) is 22.1 Å². The van der Waals surface area contributed by atoms with E-state index in [0.717, 1.165) is 25.0 Å². The summed E-state index contributed by atoms with van der Waals surface area (Å²) < 4.78 is 51.0. The number of carbonyl (C=O) groups is 1. The van der Waals surface area contributed by atoms with Gasteiger partial charge in [-0.05, 0) is 43.2 Å². The van der Waals surface area contributed by atoms with Crippen molar-refractivity contribution >= 4 is 27.1 Å². The maximum absolute atomic E-state index is 14.0. The first-order valence-electron chi connectivity index (χ1n) is 9.20. The number of ether oxygens (including phenoxy) is 2. The molecule has 1 saturated heterocycles. The predicted octanol–water partition coefficient (Wildman–Crippen LogP) is 2.94. The monoisotopic (exact) mass is 416 g/mol. The van der Waals surface area contributed by atoms with Gasteiger partial charge in [-0.2, -0.15) is 0 Å². The maximum atomic E-state index is 14.0. The predicted molar refractivity (Wildman–Crippen MR) is 102 cm³/mol. The Hall–Kier alpha value is -3.07. The summed E-state index contributed by atoms with van der Waals surface area (Å²) in [4.78, 5) is 15.6. The second-order valence-corrected chi connectivity index (χ2v) is 8.90. The molecule has 0 aromatic heterocycles. The Morgan fingerprint density at radius 2 is 1.76 bits per heavy atom. The lowest BCUT2D eigenvalue weighted by atomic mass is 10.2. The summed E-state index contributed by atoms with van der Waals surface area (Å²) in [5, 5.41) is 0. The summed E-state index contributed by atoms with van der Waals surface area (Å²) in [5.41, 5.74) is 0.671. The summed E-state index contributed by atoms with van der Waals surface area (Å²) in [6.45, 7) is 1.13. The van der Waals surface area contributed by atoms with E-state index in [1.807, 2.05) is 0 Å². The summed E-state index contributed by atoms with van der Waals surface area (Å²) in [6, 6.07) is 8.49. The summed E-state index contributed by atoms with van der Waals surface area (Å²) in [5.74, 6) is -0.0551. The fourth-order valence-electron chi connectivity index (χ4n) is 3.78. The Bertz CT molecular complexity index is 1160. The fraction of sp³-hybridized carbons (Fsp3) is 0.250. The molecule has 7 nitrogen and oxygen atoms in total. The molecule has 0 N–H and O–H groups in total. The molecule has 0 radical (unpaired) electrons. The van der Waals surface area contributed by atoms with E-state index in [9.17, 15) is 17.6 Å². The molecule has 3 heterocycles. The van der Waals surface area contributed by atoms with Crippen molar-refractivity contribution in [3.8, 4) is 11.5 Å². The van der Waals surface area contributed by atoms with Crippen LogP contribution in [0.25, 0.3) is 0 Å². The molecule has 0 unspecified atom stereocenters. The van der Waals surface area contributed by atoms with Crippen LogP contribution in [0.2, 0.25) is 0 Å². The van der Waals surface area contributed by atoms with Gasteiger partial charge in [-0.15, -0.1) is 0 Å². The van der Waals surface area contributed by atoms with E-state index in [0.29, 0.717) is 30.3 Å². The van der Waals surface area contributed by atoms with Crippen molar-refractivity contribution in [3.05, 3.63) is 53.3 Å². The fourth-order valence-corrected chi connectivity index (χ4v) is 5.30. The van der Waals surface area contributed by atoms with Crippen LogP contribution in [0.3, 0.4) is 0 Å². The Morgan fingerprint density at radius 3 is 2.55 bits per heavy atom. The zero-order valence-corrected chi connectivity index (χ0v) is 16.1. The lowest BCUT2D eigenvalue weighted by Crippen LogP contribution is -2.35. The number of carbonyl (C=O) groups excluding carboxylic acids is 1. The largest absolute Gasteiger partial charge is 0.454 e. The number of likely N-dealkylation sites (tertiary alicyclic amines) is 1. The second kappa shape index (κ2) is 6.48. The highest BCUT2D eigenvalue weighted by Crippen LogP contribution is 2.43. The van der Waals surface area contributed by atoms with Crippen LogP contribution in [0.15, 0.2) is 52.4 Å². The van der Waals surface area contributed by atoms with Gasteiger partial charge in [0, 0.05) is 31.0 Å². The Morgan fingerprint density at radius 1 is 1.00 bits per heavy atom. The zero-order chi connectivity index (χ0) is 20.2. The van der Waals surface area contributed by atoms with Gasteiger partial charge in [0.25, 0.3) is 5.91 Å². The first-order chi connectivity index (χ1) is 13.9. The first-order valence-corrected chi connectivity index (χ1v) is 10.7. The number of benzene rings is 2. The maximum Gasteiger partial charge on any atom is 0.267 e. The molecule has 1 amide bonds. The summed E-state index contributed by atoms with van der Waals surface area (Å²) in [6.07, 6.45) is 2.95. The van der Waals surface area contributed by atoms with Crippen molar-refractivity contribution in [1.82, 2.24) is 4.90 Å². The van der Waals surface area contributed by atoms with E-state index >= 15 is 0 Å². The molecule has 5 rings (SSSR count). The Labute approximate surface area is 166 Å². The minimum absolute atomic E-state index is 0.0902. The van der Waals surface area contributed by atoms with Crippen molar-refractivity contribution in [2.75, 3.05) is 24.8 Å². The number of nitrogens with zero attached hydrogens (tertiary/aromatic N) is 2.